The van der Waals surface area contributed by atoms with E-state index < -0.39 is 0 Å². The molecule has 1 N–H and O–H groups in total. The highest BCUT2D eigenvalue weighted by atomic mass is 127. The zero-order chi connectivity index (χ0) is 19.1. The lowest BCUT2D eigenvalue weighted by molar-refractivity contribution is -0.149. The smallest absolute Gasteiger partial charge is 0.309 e. The van der Waals surface area contributed by atoms with Gasteiger partial charge in [-0.1, -0.05) is 24.3 Å². The summed E-state index contributed by atoms with van der Waals surface area (Å²) in [5, 5.41) is 5.69. The van der Waals surface area contributed by atoms with Gasteiger partial charge < -0.3 is 15.0 Å². The van der Waals surface area contributed by atoms with Crippen molar-refractivity contribution in [2.45, 2.75) is 33.2 Å². The molecule has 6 nitrogen and oxygen atoms in total. The number of nitrogens with one attached hydrogen (secondary N) is 1. The number of hydrogen-bond donors (Lipinski definition) is 1. The Hall–Kier alpha value is -1.90. The van der Waals surface area contributed by atoms with E-state index in [9.17, 15) is 4.79 Å². The van der Waals surface area contributed by atoms with Crippen LogP contribution in [-0.4, -0.2) is 48.1 Å². The summed E-state index contributed by atoms with van der Waals surface area (Å²) < 4.78 is 5.16. The molecule has 0 spiro atoms. The van der Waals surface area contributed by atoms with E-state index in [2.05, 4.69) is 34.3 Å². The molecule has 0 radical (unpaired) electrons. The van der Waals surface area contributed by atoms with E-state index in [4.69, 9.17) is 9.73 Å². The van der Waals surface area contributed by atoms with Gasteiger partial charge in [0.05, 0.1) is 24.8 Å². The van der Waals surface area contributed by atoms with Crippen molar-refractivity contribution in [1.29, 1.82) is 0 Å². The minimum Gasteiger partial charge on any atom is -0.466 e. The van der Waals surface area contributed by atoms with Crippen molar-refractivity contribution in [2.75, 3.05) is 26.2 Å². The molecule has 1 aliphatic rings. The molecule has 1 saturated heterocycles. The highest BCUT2D eigenvalue weighted by Crippen LogP contribution is 2.20. The quantitative estimate of drug-likeness (QED) is 0.297. The molecule has 2 aromatic rings. The molecule has 1 aliphatic heterocycles. The fourth-order valence-electron chi connectivity index (χ4n) is 3.47. The summed E-state index contributed by atoms with van der Waals surface area (Å²) >= 11 is 0. The first kappa shape index (κ1) is 22.4. The van der Waals surface area contributed by atoms with Gasteiger partial charge in [0.2, 0.25) is 0 Å². The molecule has 0 amide bonds. The Kier molecular flexibility index (Phi) is 8.95. The van der Waals surface area contributed by atoms with E-state index in [1.165, 1.54) is 5.39 Å². The van der Waals surface area contributed by atoms with Crippen LogP contribution in [-0.2, 0) is 16.1 Å². The second kappa shape index (κ2) is 11.2. The average molecular weight is 496 g/mol. The van der Waals surface area contributed by atoms with Gasteiger partial charge in [0.15, 0.2) is 5.96 Å². The molecule has 28 heavy (non-hydrogen) atoms. The van der Waals surface area contributed by atoms with Gasteiger partial charge in [-0.3, -0.25) is 9.78 Å². The monoisotopic (exact) mass is 496 g/mol. The molecule has 0 aliphatic carbocycles. The Labute approximate surface area is 183 Å². The number of benzene rings is 1. The van der Waals surface area contributed by atoms with E-state index in [-0.39, 0.29) is 35.9 Å². The molecule has 0 atom stereocenters. The number of rotatable bonds is 5. The van der Waals surface area contributed by atoms with Crippen LogP contribution >= 0.6 is 24.0 Å². The maximum atomic E-state index is 11.9. The van der Waals surface area contributed by atoms with Crippen LogP contribution in [0.4, 0.5) is 0 Å². The van der Waals surface area contributed by atoms with Crippen LogP contribution in [0.2, 0.25) is 0 Å². The number of fused-ring (bicyclic) bond motifs is 1. The van der Waals surface area contributed by atoms with Crippen molar-refractivity contribution in [3.05, 3.63) is 42.2 Å². The van der Waals surface area contributed by atoms with Crippen molar-refractivity contribution in [2.24, 2.45) is 10.9 Å². The largest absolute Gasteiger partial charge is 0.466 e. The number of ether oxygens (including phenoxy) is 1. The number of carbonyl (C=O) groups excluding carboxylic acids is 1. The van der Waals surface area contributed by atoms with Crippen molar-refractivity contribution in [3.8, 4) is 0 Å². The predicted molar refractivity (Wildman–Crippen MR) is 123 cm³/mol. The number of pyridine rings is 1. The lowest BCUT2D eigenvalue weighted by Gasteiger charge is -2.33. The van der Waals surface area contributed by atoms with Gasteiger partial charge >= 0.3 is 5.97 Å². The van der Waals surface area contributed by atoms with Crippen LogP contribution in [0.1, 0.15) is 32.4 Å². The predicted octanol–water partition coefficient (Wildman–Crippen LogP) is 3.59. The normalized spacial score (nSPS) is 15.2. The molecular formula is C21H29IN4O2. The third-order valence-electron chi connectivity index (χ3n) is 4.88. The molecular weight excluding hydrogens is 467 g/mol. The van der Waals surface area contributed by atoms with Crippen LogP contribution < -0.4 is 5.32 Å². The van der Waals surface area contributed by atoms with E-state index in [1.807, 2.05) is 31.3 Å². The summed E-state index contributed by atoms with van der Waals surface area (Å²) in [6, 6.07) is 10.3. The standard InChI is InChI=1S/C21H28N4O2.HI/c1-3-22-21(25-13-10-17(11-14-25)20(26)27-4-2)24-15-19-18-8-6-5-7-16(18)9-12-23-19;/h5-9,12,17H,3-4,10-11,13-15H2,1-2H3,(H,22,24);1H. The highest BCUT2D eigenvalue weighted by molar-refractivity contribution is 14.0. The number of esters is 1. The summed E-state index contributed by atoms with van der Waals surface area (Å²) in [7, 11) is 0. The molecule has 0 unspecified atom stereocenters. The van der Waals surface area contributed by atoms with Crippen LogP contribution in [0.15, 0.2) is 41.5 Å². The number of piperidine rings is 1. The minimum absolute atomic E-state index is 0. The van der Waals surface area contributed by atoms with Crippen molar-refractivity contribution < 1.29 is 9.53 Å². The van der Waals surface area contributed by atoms with E-state index in [1.54, 1.807) is 0 Å². The third-order valence-corrected chi connectivity index (χ3v) is 4.88. The fraction of sp³-hybridized carbons (Fsp3) is 0.476. The lowest BCUT2D eigenvalue weighted by Crippen LogP contribution is -2.46. The first-order valence-corrected chi connectivity index (χ1v) is 9.75. The maximum Gasteiger partial charge on any atom is 0.309 e. The molecule has 1 aromatic heterocycles. The summed E-state index contributed by atoms with van der Waals surface area (Å²) in [5.41, 5.74) is 0.977. The molecule has 1 aromatic carbocycles. The first-order chi connectivity index (χ1) is 13.2. The zero-order valence-electron chi connectivity index (χ0n) is 16.6. The van der Waals surface area contributed by atoms with Crippen molar-refractivity contribution in [1.82, 2.24) is 15.2 Å². The summed E-state index contributed by atoms with van der Waals surface area (Å²) in [4.78, 5) is 23.5. The molecule has 0 bridgehead atoms. The first-order valence-electron chi connectivity index (χ1n) is 9.75. The molecule has 7 heteroatoms. The Bertz CT molecular complexity index is 799. The molecule has 1 fully saturated rings. The number of carbonyl (C=O) groups is 1. The summed E-state index contributed by atoms with van der Waals surface area (Å²) in [5.74, 6) is 0.817. The Morgan fingerprint density at radius 1 is 1.25 bits per heavy atom. The van der Waals surface area contributed by atoms with Gasteiger partial charge in [0.25, 0.3) is 0 Å². The van der Waals surface area contributed by atoms with Gasteiger partial charge in [0.1, 0.15) is 0 Å². The summed E-state index contributed by atoms with van der Waals surface area (Å²) in [6.45, 7) is 7.31. The van der Waals surface area contributed by atoms with Gasteiger partial charge in [-0.15, -0.1) is 24.0 Å². The highest BCUT2D eigenvalue weighted by Gasteiger charge is 2.27. The number of hydrogen-bond acceptors (Lipinski definition) is 4. The SMILES string of the molecule is CCNC(=NCc1nccc2ccccc12)N1CCC(C(=O)OCC)CC1.I. The lowest BCUT2D eigenvalue weighted by atomic mass is 9.97. The van der Waals surface area contributed by atoms with Crippen molar-refractivity contribution in [3.63, 3.8) is 0 Å². The fourth-order valence-corrected chi connectivity index (χ4v) is 3.47. The van der Waals surface area contributed by atoms with Crippen LogP contribution in [0.25, 0.3) is 10.8 Å². The number of aliphatic imine (C=N–C) groups is 1. The van der Waals surface area contributed by atoms with Gasteiger partial charge in [0, 0.05) is 31.2 Å². The second-order valence-electron chi connectivity index (χ2n) is 6.66. The van der Waals surface area contributed by atoms with Crippen molar-refractivity contribution >= 4 is 46.7 Å². The molecule has 2 heterocycles. The van der Waals surface area contributed by atoms with E-state index in [0.717, 1.165) is 49.5 Å². The van der Waals surface area contributed by atoms with E-state index >= 15 is 0 Å². The molecule has 0 saturated carbocycles. The Morgan fingerprint density at radius 2 is 2.00 bits per heavy atom. The van der Waals surface area contributed by atoms with Gasteiger partial charge in [-0.25, -0.2) is 4.99 Å². The van der Waals surface area contributed by atoms with Crippen LogP contribution in [0.5, 0.6) is 0 Å². The minimum atomic E-state index is -0.0703. The van der Waals surface area contributed by atoms with Crippen LogP contribution in [0, 0.1) is 5.92 Å². The average Bonchev–Trinajstić information content (AvgIpc) is 2.71. The Morgan fingerprint density at radius 3 is 2.71 bits per heavy atom. The van der Waals surface area contributed by atoms with E-state index in [0.29, 0.717) is 13.2 Å². The summed E-state index contributed by atoms with van der Waals surface area (Å²) in [6.07, 6.45) is 3.44. The van der Waals surface area contributed by atoms with Crippen LogP contribution in [0.3, 0.4) is 0 Å². The second-order valence-corrected chi connectivity index (χ2v) is 6.66. The number of halogens is 1. The maximum absolute atomic E-state index is 11.9. The molecule has 3 rings (SSSR count). The number of aromatic nitrogens is 1. The number of guanidine groups is 1. The number of nitrogens with zero attached hydrogens (tertiary/aromatic N) is 3. The van der Waals surface area contributed by atoms with Gasteiger partial charge in [-0.05, 0) is 38.1 Å². The third kappa shape index (κ3) is 5.56. The number of likely N-dealkylation sites (tertiary alicyclic amines) is 1. The van der Waals surface area contributed by atoms with Gasteiger partial charge in [-0.2, -0.15) is 0 Å². The topological polar surface area (TPSA) is 66.8 Å². The molecule has 152 valence electrons. The Balaban J connectivity index is 0.00000280. The zero-order valence-corrected chi connectivity index (χ0v) is 18.9.